The Kier molecular flexibility index (Phi) is 4.70. The van der Waals surface area contributed by atoms with Crippen LogP contribution < -0.4 is 10.1 Å². The highest BCUT2D eigenvalue weighted by Gasteiger charge is 2.09. The van der Waals surface area contributed by atoms with Crippen LogP contribution in [0.3, 0.4) is 0 Å². The summed E-state index contributed by atoms with van der Waals surface area (Å²) >= 11 is 0. The third kappa shape index (κ3) is 5.50. The molecule has 1 aromatic rings. The molecule has 1 aromatic heterocycles. The van der Waals surface area contributed by atoms with Gasteiger partial charge in [-0.05, 0) is 45.4 Å². The summed E-state index contributed by atoms with van der Waals surface area (Å²) in [6, 6.07) is 3.80. The molecule has 0 aliphatic rings. The lowest BCUT2D eigenvalue weighted by Gasteiger charge is -2.21. The minimum atomic E-state index is 0.104. The number of aryl methyl sites for hydroxylation is 1. The van der Waals surface area contributed by atoms with Crippen molar-refractivity contribution in [2.45, 2.75) is 33.2 Å². The molecule has 0 atom stereocenters. The molecular formula is C14H22N2O. The van der Waals surface area contributed by atoms with Gasteiger partial charge >= 0.3 is 0 Å². The first-order valence-corrected chi connectivity index (χ1v) is 5.84. The number of ether oxygens (including phenoxy) is 1. The van der Waals surface area contributed by atoms with Gasteiger partial charge in [0, 0.05) is 18.3 Å². The predicted octanol–water partition coefficient (Wildman–Crippen LogP) is 2.71. The first-order chi connectivity index (χ1) is 7.88. The van der Waals surface area contributed by atoms with Gasteiger partial charge in [-0.3, -0.25) is 4.98 Å². The first kappa shape index (κ1) is 13.7. The van der Waals surface area contributed by atoms with Crippen LogP contribution in [0.25, 0.3) is 0 Å². The van der Waals surface area contributed by atoms with Crippen LogP contribution in [0.4, 0.5) is 0 Å². The number of hydrogen-bond donors (Lipinski definition) is 1. The highest BCUT2D eigenvalue weighted by molar-refractivity contribution is 5.25. The molecule has 3 heteroatoms. The van der Waals surface area contributed by atoms with Crippen molar-refractivity contribution in [3.8, 4) is 5.75 Å². The van der Waals surface area contributed by atoms with Crippen molar-refractivity contribution in [1.29, 1.82) is 0 Å². The Labute approximate surface area is 104 Å². The Bertz CT molecular complexity index is 380. The largest absolute Gasteiger partial charge is 0.487 e. The van der Waals surface area contributed by atoms with E-state index in [1.165, 1.54) is 0 Å². The Hall–Kier alpha value is -1.35. The number of hydrogen-bond acceptors (Lipinski definition) is 3. The fourth-order valence-corrected chi connectivity index (χ4v) is 1.24. The van der Waals surface area contributed by atoms with Gasteiger partial charge in [-0.2, -0.15) is 0 Å². The molecule has 3 nitrogen and oxygen atoms in total. The number of pyridine rings is 1. The third-order valence-corrected chi connectivity index (χ3v) is 2.26. The van der Waals surface area contributed by atoms with Gasteiger partial charge in [0.05, 0.1) is 5.69 Å². The van der Waals surface area contributed by atoms with Crippen LogP contribution in [0.5, 0.6) is 5.75 Å². The van der Waals surface area contributed by atoms with Crippen LogP contribution in [0.15, 0.2) is 30.5 Å². The molecule has 0 aromatic carbocycles. The van der Waals surface area contributed by atoms with Crippen LogP contribution in [-0.4, -0.2) is 23.7 Å². The Balaban J connectivity index is 2.36. The summed E-state index contributed by atoms with van der Waals surface area (Å²) in [6.07, 6.45) is 1.76. The highest BCUT2D eigenvalue weighted by atomic mass is 16.5. The van der Waals surface area contributed by atoms with E-state index in [2.05, 4.69) is 37.7 Å². The smallest absolute Gasteiger partial charge is 0.140 e. The minimum absolute atomic E-state index is 0.104. The van der Waals surface area contributed by atoms with Crippen molar-refractivity contribution in [3.05, 3.63) is 36.2 Å². The summed E-state index contributed by atoms with van der Waals surface area (Å²) in [7, 11) is 0. The van der Waals surface area contributed by atoms with Crippen molar-refractivity contribution >= 4 is 0 Å². The Morgan fingerprint density at radius 3 is 2.76 bits per heavy atom. The van der Waals surface area contributed by atoms with Gasteiger partial charge in [-0.15, -0.1) is 0 Å². The van der Waals surface area contributed by atoms with Crippen LogP contribution >= 0.6 is 0 Å². The van der Waals surface area contributed by atoms with Crippen LogP contribution in [-0.2, 0) is 0 Å². The summed E-state index contributed by atoms with van der Waals surface area (Å²) in [6.45, 7) is 13.6. The molecule has 0 radical (unpaired) electrons. The topological polar surface area (TPSA) is 34.1 Å². The number of rotatable bonds is 5. The standard InChI is InChI=1S/C14H22N2O/c1-11(9-16-14(3,4)5)10-17-13-7-6-8-15-12(13)2/h6-8,16H,1,9-10H2,2-5H3. The summed E-state index contributed by atoms with van der Waals surface area (Å²) in [4.78, 5) is 4.17. The summed E-state index contributed by atoms with van der Waals surface area (Å²) in [5.74, 6) is 0.824. The van der Waals surface area contributed by atoms with E-state index >= 15 is 0 Å². The van der Waals surface area contributed by atoms with Crippen LogP contribution in [0, 0.1) is 6.92 Å². The maximum absolute atomic E-state index is 5.66. The van der Waals surface area contributed by atoms with E-state index in [4.69, 9.17) is 4.74 Å². The zero-order valence-corrected chi connectivity index (χ0v) is 11.2. The molecule has 0 aliphatic carbocycles. The molecule has 17 heavy (non-hydrogen) atoms. The number of aromatic nitrogens is 1. The van der Waals surface area contributed by atoms with Gasteiger partial charge in [0.15, 0.2) is 0 Å². The van der Waals surface area contributed by atoms with Gasteiger partial charge in [-0.1, -0.05) is 6.58 Å². The molecule has 0 saturated carbocycles. The van der Waals surface area contributed by atoms with E-state index < -0.39 is 0 Å². The second-order valence-electron chi connectivity index (χ2n) is 5.23. The average molecular weight is 234 g/mol. The molecule has 0 spiro atoms. The van der Waals surface area contributed by atoms with Crippen LogP contribution in [0.1, 0.15) is 26.5 Å². The normalized spacial score (nSPS) is 11.3. The summed E-state index contributed by atoms with van der Waals surface area (Å²) in [5, 5.41) is 3.38. The molecule has 1 rings (SSSR count). The van der Waals surface area contributed by atoms with Crippen molar-refractivity contribution < 1.29 is 4.74 Å². The van der Waals surface area contributed by atoms with E-state index in [9.17, 15) is 0 Å². The number of nitrogens with one attached hydrogen (secondary N) is 1. The molecular weight excluding hydrogens is 212 g/mol. The predicted molar refractivity (Wildman–Crippen MR) is 71.4 cm³/mol. The number of nitrogens with zero attached hydrogens (tertiary/aromatic N) is 1. The molecule has 1 N–H and O–H groups in total. The molecule has 0 aliphatic heterocycles. The lowest BCUT2D eigenvalue weighted by Crippen LogP contribution is -2.37. The van der Waals surface area contributed by atoms with E-state index in [-0.39, 0.29) is 5.54 Å². The highest BCUT2D eigenvalue weighted by Crippen LogP contribution is 2.14. The van der Waals surface area contributed by atoms with Crippen molar-refractivity contribution in [2.75, 3.05) is 13.2 Å². The van der Waals surface area contributed by atoms with Crippen molar-refractivity contribution in [1.82, 2.24) is 10.3 Å². The second-order valence-corrected chi connectivity index (χ2v) is 5.23. The monoisotopic (exact) mass is 234 g/mol. The van der Waals surface area contributed by atoms with E-state index in [1.54, 1.807) is 6.20 Å². The van der Waals surface area contributed by atoms with Gasteiger partial charge in [0.25, 0.3) is 0 Å². The quantitative estimate of drug-likeness (QED) is 0.795. The van der Waals surface area contributed by atoms with Crippen molar-refractivity contribution in [3.63, 3.8) is 0 Å². The second kappa shape index (κ2) is 5.82. The maximum atomic E-state index is 5.66. The Morgan fingerprint density at radius 1 is 1.47 bits per heavy atom. The Morgan fingerprint density at radius 2 is 2.18 bits per heavy atom. The fourth-order valence-electron chi connectivity index (χ4n) is 1.24. The molecule has 94 valence electrons. The molecule has 1 heterocycles. The van der Waals surface area contributed by atoms with Gasteiger partial charge in [0.1, 0.15) is 12.4 Å². The fraction of sp³-hybridized carbons (Fsp3) is 0.500. The van der Waals surface area contributed by atoms with E-state index in [1.807, 2.05) is 19.1 Å². The lowest BCUT2D eigenvalue weighted by molar-refractivity contribution is 0.338. The third-order valence-electron chi connectivity index (χ3n) is 2.26. The van der Waals surface area contributed by atoms with Crippen molar-refractivity contribution in [2.24, 2.45) is 0 Å². The summed E-state index contributed by atoms with van der Waals surface area (Å²) in [5.41, 5.74) is 2.04. The zero-order chi connectivity index (χ0) is 12.9. The average Bonchev–Trinajstić information content (AvgIpc) is 2.24. The molecule has 0 amide bonds. The van der Waals surface area contributed by atoms with E-state index in [0.29, 0.717) is 6.61 Å². The maximum Gasteiger partial charge on any atom is 0.140 e. The lowest BCUT2D eigenvalue weighted by atomic mass is 10.1. The summed E-state index contributed by atoms with van der Waals surface area (Å²) < 4.78 is 5.66. The van der Waals surface area contributed by atoms with Gasteiger partial charge in [0.2, 0.25) is 0 Å². The van der Waals surface area contributed by atoms with Gasteiger partial charge in [-0.25, -0.2) is 0 Å². The molecule has 0 unspecified atom stereocenters. The van der Waals surface area contributed by atoms with Gasteiger partial charge < -0.3 is 10.1 Å². The first-order valence-electron chi connectivity index (χ1n) is 5.84. The van der Waals surface area contributed by atoms with Crippen LogP contribution in [0.2, 0.25) is 0 Å². The SMILES string of the molecule is C=C(CNC(C)(C)C)COc1cccnc1C. The molecule has 0 fully saturated rings. The zero-order valence-electron chi connectivity index (χ0n) is 11.2. The molecule has 0 bridgehead atoms. The molecule has 0 saturated heterocycles. The minimum Gasteiger partial charge on any atom is -0.487 e. The van der Waals surface area contributed by atoms with E-state index in [0.717, 1.165) is 23.6 Å².